The van der Waals surface area contributed by atoms with Gasteiger partial charge in [-0.05, 0) is 43.0 Å². The largest absolute Gasteiger partial charge is 0.371 e. The van der Waals surface area contributed by atoms with Crippen LogP contribution in [-0.2, 0) is 23.3 Å². The number of imidazole rings is 1. The third-order valence-corrected chi connectivity index (χ3v) is 6.60. The number of hydrogen-bond acceptors (Lipinski definition) is 4. The average molecular weight is 347 g/mol. The normalized spacial score (nSPS) is 18.8. The minimum Gasteiger partial charge on any atom is -0.371 e. The number of hydrogen-bond donors (Lipinski definition) is 0. The first-order chi connectivity index (χ1) is 11.5. The van der Waals surface area contributed by atoms with Crippen molar-refractivity contribution in [2.45, 2.75) is 31.1 Å². The van der Waals surface area contributed by atoms with E-state index in [2.05, 4.69) is 14.5 Å². The van der Waals surface area contributed by atoms with E-state index < -0.39 is 9.84 Å². The summed E-state index contributed by atoms with van der Waals surface area (Å²) in [5, 5.41) is 0. The Kier molecular flexibility index (Phi) is 4.94. The van der Waals surface area contributed by atoms with E-state index in [-0.39, 0.29) is 5.75 Å². The monoisotopic (exact) mass is 347 g/mol. The van der Waals surface area contributed by atoms with Gasteiger partial charge in [-0.25, -0.2) is 13.4 Å². The van der Waals surface area contributed by atoms with Gasteiger partial charge in [-0.15, -0.1) is 0 Å². The van der Waals surface area contributed by atoms with Crippen molar-refractivity contribution in [1.82, 2.24) is 9.55 Å². The summed E-state index contributed by atoms with van der Waals surface area (Å²) >= 11 is 0. The molecular formula is C18H25N3O2S. The molecule has 3 rings (SSSR count). The number of aromatic nitrogens is 2. The Morgan fingerprint density at radius 1 is 1.25 bits per heavy atom. The molecule has 6 heteroatoms. The molecule has 1 aliphatic heterocycles. The van der Waals surface area contributed by atoms with E-state index in [4.69, 9.17) is 0 Å². The first kappa shape index (κ1) is 17.0. The molecule has 1 atom stereocenters. The molecule has 0 radical (unpaired) electrons. The molecule has 24 heavy (non-hydrogen) atoms. The van der Waals surface area contributed by atoms with Crippen molar-refractivity contribution in [2.75, 3.05) is 23.7 Å². The van der Waals surface area contributed by atoms with Crippen molar-refractivity contribution >= 4 is 15.5 Å². The van der Waals surface area contributed by atoms with Crippen LogP contribution in [0.15, 0.2) is 41.6 Å². The fourth-order valence-electron chi connectivity index (χ4n) is 3.35. The highest BCUT2D eigenvalue weighted by molar-refractivity contribution is 7.91. The van der Waals surface area contributed by atoms with Crippen molar-refractivity contribution in [3.8, 4) is 0 Å². The predicted octanol–water partition coefficient (Wildman–Crippen LogP) is 2.67. The van der Waals surface area contributed by atoms with E-state index in [1.165, 1.54) is 6.42 Å². The second-order valence-electron chi connectivity index (χ2n) is 6.51. The molecule has 2 aromatic rings. The number of aryl methyl sites for hydroxylation is 1. The molecule has 1 aliphatic rings. The van der Waals surface area contributed by atoms with Gasteiger partial charge in [0.25, 0.3) is 0 Å². The van der Waals surface area contributed by atoms with Gasteiger partial charge in [-0.3, -0.25) is 0 Å². The summed E-state index contributed by atoms with van der Waals surface area (Å²) in [6.45, 7) is 3.69. The Labute approximate surface area is 144 Å². The number of anilines is 1. The smallest absolute Gasteiger partial charge is 0.178 e. The molecule has 5 nitrogen and oxygen atoms in total. The van der Waals surface area contributed by atoms with Crippen LogP contribution in [0.2, 0.25) is 0 Å². The number of sulfone groups is 1. The lowest BCUT2D eigenvalue weighted by Gasteiger charge is -2.34. The zero-order valence-electron chi connectivity index (χ0n) is 14.4. The minimum absolute atomic E-state index is 0.141. The first-order valence-electron chi connectivity index (χ1n) is 8.53. The van der Waals surface area contributed by atoms with Crippen LogP contribution in [-0.4, -0.2) is 36.8 Å². The molecule has 0 amide bonds. The van der Waals surface area contributed by atoms with Crippen LogP contribution < -0.4 is 4.90 Å². The second-order valence-corrected chi connectivity index (χ2v) is 8.79. The lowest BCUT2D eigenvalue weighted by atomic mass is 9.94. The summed E-state index contributed by atoms with van der Waals surface area (Å²) in [6.07, 6.45) is 7.20. The quantitative estimate of drug-likeness (QED) is 0.834. The fourth-order valence-corrected chi connectivity index (χ4v) is 4.23. The number of nitrogens with zero attached hydrogens (tertiary/aromatic N) is 3. The van der Waals surface area contributed by atoms with Gasteiger partial charge in [0.15, 0.2) is 9.84 Å². The number of rotatable bonds is 5. The highest BCUT2D eigenvalue weighted by atomic mass is 32.2. The zero-order valence-corrected chi connectivity index (χ0v) is 15.2. The van der Waals surface area contributed by atoms with Crippen LogP contribution in [0.5, 0.6) is 0 Å². The van der Waals surface area contributed by atoms with E-state index in [0.717, 1.165) is 37.4 Å². The van der Waals surface area contributed by atoms with E-state index >= 15 is 0 Å². The van der Waals surface area contributed by atoms with Gasteiger partial charge in [0.2, 0.25) is 0 Å². The van der Waals surface area contributed by atoms with Crippen molar-refractivity contribution < 1.29 is 8.42 Å². The highest BCUT2D eigenvalue weighted by Gasteiger charge is 2.22. The molecule has 1 unspecified atom stereocenters. The maximum Gasteiger partial charge on any atom is 0.178 e. The predicted molar refractivity (Wildman–Crippen MR) is 96.0 cm³/mol. The molecule has 1 fully saturated rings. The van der Waals surface area contributed by atoms with E-state index in [9.17, 15) is 8.42 Å². The summed E-state index contributed by atoms with van der Waals surface area (Å²) in [5.74, 6) is 1.85. The topological polar surface area (TPSA) is 55.2 Å². The Balaban J connectivity index is 1.69. The molecule has 0 saturated carbocycles. The van der Waals surface area contributed by atoms with Gasteiger partial charge in [0.1, 0.15) is 5.82 Å². The van der Waals surface area contributed by atoms with Crippen LogP contribution in [0.4, 0.5) is 5.69 Å². The third-order valence-electron chi connectivity index (χ3n) is 4.85. The van der Waals surface area contributed by atoms with Gasteiger partial charge in [-0.2, -0.15) is 0 Å². The maximum atomic E-state index is 11.9. The third kappa shape index (κ3) is 3.64. The number of piperidine rings is 1. The standard InChI is InChI=1S/C18H25N3O2S/c1-3-24(22,23)17-8-6-16(7-9-17)21-11-4-5-15(14-21)13-18-19-10-12-20(18)2/h6-10,12,15H,3-5,11,13-14H2,1-2H3. The molecule has 1 aromatic heterocycles. The van der Waals surface area contributed by atoms with Crippen molar-refractivity contribution in [3.05, 3.63) is 42.5 Å². The molecule has 0 aliphatic carbocycles. The van der Waals surface area contributed by atoms with Crippen molar-refractivity contribution in [2.24, 2.45) is 13.0 Å². The van der Waals surface area contributed by atoms with Gasteiger partial charge in [-0.1, -0.05) is 6.92 Å². The van der Waals surface area contributed by atoms with Crippen molar-refractivity contribution in [3.63, 3.8) is 0 Å². The molecule has 130 valence electrons. The molecular weight excluding hydrogens is 322 g/mol. The molecule has 1 aromatic carbocycles. The van der Waals surface area contributed by atoms with Crippen molar-refractivity contribution in [1.29, 1.82) is 0 Å². The SMILES string of the molecule is CCS(=O)(=O)c1ccc(N2CCCC(Cc3nccn3C)C2)cc1. The van der Waals surface area contributed by atoms with Gasteiger partial charge in [0.05, 0.1) is 10.6 Å². The zero-order chi connectivity index (χ0) is 17.2. The summed E-state index contributed by atoms with van der Waals surface area (Å²) in [4.78, 5) is 7.21. The maximum absolute atomic E-state index is 11.9. The van der Waals surface area contributed by atoms with Gasteiger partial charge in [0, 0.05) is 44.6 Å². The summed E-state index contributed by atoms with van der Waals surface area (Å²) in [5.41, 5.74) is 1.11. The molecule has 0 N–H and O–H groups in total. The second kappa shape index (κ2) is 6.97. The summed E-state index contributed by atoms with van der Waals surface area (Å²) in [6, 6.07) is 7.34. The summed E-state index contributed by atoms with van der Waals surface area (Å²) < 4.78 is 25.9. The summed E-state index contributed by atoms with van der Waals surface area (Å²) in [7, 11) is -1.09. The number of benzene rings is 1. The van der Waals surface area contributed by atoms with Crippen LogP contribution in [0.1, 0.15) is 25.6 Å². The first-order valence-corrected chi connectivity index (χ1v) is 10.2. The van der Waals surface area contributed by atoms with Crippen LogP contribution in [0.3, 0.4) is 0 Å². The Morgan fingerprint density at radius 2 is 2.00 bits per heavy atom. The molecule has 1 saturated heterocycles. The fraction of sp³-hybridized carbons (Fsp3) is 0.500. The highest BCUT2D eigenvalue weighted by Crippen LogP contribution is 2.26. The van der Waals surface area contributed by atoms with Gasteiger partial charge >= 0.3 is 0 Å². The molecule has 2 heterocycles. The van der Waals surface area contributed by atoms with Crippen LogP contribution >= 0.6 is 0 Å². The molecule has 0 bridgehead atoms. The Hall–Kier alpha value is -1.82. The minimum atomic E-state index is -3.13. The van der Waals surface area contributed by atoms with Crippen LogP contribution in [0, 0.1) is 5.92 Å². The van der Waals surface area contributed by atoms with E-state index in [1.54, 1.807) is 19.1 Å². The Bertz CT molecular complexity index is 781. The lowest BCUT2D eigenvalue weighted by Crippen LogP contribution is -2.36. The molecule has 0 spiro atoms. The lowest BCUT2D eigenvalue weighted by molar-refractivity contribution is 0.403. The van der Waals surface area contributed by atoms with E-state index in [1.807, 2.05) is 31.6 Å². The average Bonchev–Trinajstić information content (AvgIpc) is 3.00. The van der Waals surface area contributed by atoms with Gasteiger partial charge < -0.3 is 9.47 Å². The van der Waals surface area contributed by atoms with E-state index in [0.29, 0.717) is 10.8 Å². The Morgan fingerprint density at radius 3 is 2.62 bits per heavy atom. The van der Waals surface area contributed by atoms with Crippen LogP contribution in [0.25, 0.3) is 0 Å².